The molecule has 1 aromatic heterocycles. The molecule has 0 bridgehead atoms. The molecular formula is C13H13ClN2O. The van der Waals surface area contributed by atoms with Crippen molar-refractivity contribution in [3.05, 3.63) is 40.7 Å². The van der Waals surface area contributed by atoms with Crippen molar-refractivity contribution in [2.45, 2.75) is 25.7 Å². The minimum atomic E-state index is 0.252. The van der Waals surface area contributed by atoms with Crippen LogP contribution in [-0.4, -0.2) is 14.9 Å². The molecule has 0 saturated carbocycles. The van der Waals surface area contributed by atoms with Gasteiger partial charge < -0.3 is 5.11 Å². The van der Waals surface area contributed by atoms with Gasteiger partial charge in [-0.1, -0.05) is 11.6 Å². The number of rotatable bonds is 1. The second-order valence-corrected chi connectivity index (χ2v) is 4.71. The summed E-state index contributed by atoms with van der Waals surface area (Å²) in [4.78, 5) is 0. The number of aromatic nitrogens is 2. The van der Waals surface area contributed by atoms with E-state index >= 15 is 0 Å². The van der Waals surface area contributed by atoms with E-state index in [-0.39, 0.29) is 5.75 Å². The van der Waals surface area contributed by atoms with Crippen molar-refractivity contribution in [1.82, 2.24) is 9.78 Å². The van der Waals surface area contributed by atoms with Gasteiger partial charge in [-0.15, -0.1) is 0 Å². The average Bonchev–Trinajstić information content (AvgIpc) is 2.69. The highest BCUT2D eigenvalue weighted by atomic mass is 35.5. The van der Waals surface area contributed by atoms with Crippen LogP contribution in [0.1, 0.15) is 24.1 Å². The van der Waals surface area contributed by atoms with Crippen LogP contribution in [0.15, 0.2) is 24.3 Å². The largest absolute Gasteiger partial charge is 0.508 e. The molecule has 0 fully saturated rings. The van der Waals surface area contributed by atoms with E-state index in [2.05, 4.69) is 5.10 Å². The van der Waals surface area contributed by atoms with E-state index < -0.39 is 0 Å². The number of aryl methyl sites for hydroxylation is 1. The van der Waals surface area contributed by atoms with E-state index in [1.54, 1.807) is 16.8 Å². The predicted octanol–water partition coefficient (Wildman–Crippen LogP) is 3.11. The summed E-state index contributed by atoms with van der Waals surface area (Å²) in [7, 11) is 0. The Kier molecular flexibility index (Phi) is 2.56. The molecule has 17 heavy (non-hydrogen) atoms. The second kappa shape index (κ2) is 4.08. The summed E-state index contributed by atoms with van der Waals surface area (Å²) < 4.78 is 1.76. The molecule has 1 aromatic carbocycles. The molecule has 88 valence electrons. The summed E-state index contributed by atoms with van der Waals surface area (Å²) in [6.07, 6.45) is 4.41. The lowest BCUT2D eigenvalue weighted by Gasteiger charge is -2.07. The first-order valence-electron chi connectivity index (χ1n) is 5.81. The Hall–Kier alpha value is -1.48. The lowest BCUT2D eigenvalue weighted by Crippen LogP contribution is -2.00. The van der Waals surface area contributed by atoms with Crippen LogP contribution >= 0.6 is 11.6 Å². The van der Waals surface area contributed by atoms with Gasteiger partial charge in [0.1, 0.15) is 10.9 Å². The Morgan fingerprint density at radius 3 is 2.53 bits per heavy atom. The molecule has 0 spiro atoms. The lowest BCUT2D eigenvalue weighted by atomic mass is 9.99. The fourth-order valence-corrected chi connectivity index (χ4v) is 2.62. The van der Waals surface area contributed by atoms with Gasteiger partial charge in [0.05, 0.1) is 11.4 Å². The highest BCUT2D eigenvalue weighted by Gasteiger charge is 2.19. The maximum Gasteiger partial charge on any atom is 0.136 e. The van der Waals surface area contributed by atoms with E-state index in [0.29, 0.717) is 5.15 Å². The smallest absolute Gasteiger partial charge is 0.136 e. The van der Waals surface area contributed by atoms with Crippen molar-refractivity contribution in [2.24, 2.45) is 0 Å². The number of hydrogen-bond acceptors (Lipinski definition) is 2. The van der Waals surface area contributed by atoms with Gasteiger partial charge in [-0.3, -0.25) is 0 Å². The number of hydrogen-bond donors (Lipinski definition) is 1. The van der Waals surface area contributed by atoms with Crippen molar-refractivity contribution in [3.63, 3.8) is 0 Å². The van der Waals surface area contributed by atoms with Gasteiger partial charge in [-0.2, -0.15) is 5.10 Å². The van der Waals surface area contributed by atoms with Gasteiger partial charge in [0.2, 0.25) is 0 Å². The monoisotopic (exact) mass is 248 g/mol. The minimum Gasteiger partial charge on any atom is -0.508 e. The van der Waals surface area contributed by atoms with Gasteiger partial charge in [-0.05, 0) is 49.9 Å². The van der Waals surface area contributed by atoms with Crippen LogP contribution in [0.2, 0.25) is 5.15 Å². The van der Waals surface area contributed by atoms with Gasteiger partial charge in [-0.25, -0.2) is 4.68 Å². The maximum absolute atomic E-state index is 9.27. The van der Waals surface area contributed by atoms with E-state index in [1.165, 1.54) is 18.4 Å². The summed E-state index contributed by atoms with van der Waals surface area (Å²) in [5.41, 5.74) is 3.20. The normalized spacial score (nSPS) is 14.6. The molecule has 0 amide bonds. The van der Waals surface area contributed by atoms with E-state index in [1.807, 2.05) is 12.1 Å². The van der Waals surface area contributed by atoms with Gasteiger partial charge in [0, 0.05) is 5.56 Å². The number of fused-ring (bicyclic) bond motifs is 1. The van der Waals surface area contributed by atoms with Crippen molar-refractivity contribution in [3.8, 4) is 11.4 Å². The Balaban J connectivity index is 2.09. The lowest BCUT2D eigenvalue weighted by molar-refractivity contribution is 0.475. The Morgan fingerprint density at radius 1 is 1.12 bits per heavy atom. The third-order valence-electron chi connectivity index (χ3n) is 3.19. The van der Waals surface area contributed by atoms with Crippen molar-refractivity contribution >= 4 is 11.6 Å². The third kappa shape index (κ3) is 1.80. The summed E-state index contributed by atoms with van der Waals surface area (Å²) in [5.74, 6) is 0.252. The van der Waals surface area contributed by atoms with Crippen molar-refractivity contribution in [1.29, 1.82) is 0 Å². The van der Waals surface area contributed by atoms with E-state index in [4.69, 9.17) is 11.6 Å². The molecule has 1 aliphatic carbocycles. The molecule has 3 rings (SSSR count). The van der Waals surface area contributed by atoms with Crippen LogP contribution in [0.4, 0.5) is 0 Å². The molecule has 0 atom stereocenters. The number of nitrogens with zero attached hydrogens (tertiary/aromatic N) is 2. The first-order chi connectivity index (χ1) is 8.25. The number of aromatic hydroxyl groups is 1. The summed E-state index contributed by atoms with van der Waals surface area (Å²) in [6, 6.07) is 6.93. The zero-order chi connectivity index (χ0) is 11.8. The third-order valence-corrected chi connectivity index (χ3v) is 3.58. The maximum atomic E-state index is 9.27. The van der Waals surface area contributed by atoms with Crippen LogP contribution in [0.3, 0.4) is 0 Å². The Labute approximate surface area is 105 Å². The molecule has 1 N–H and O–H groups in total. The number of phenols is 1. The predicted molar refractivity (Wildman–Crippen MR) is 66.9 cm³/mol. The van der Waals surface area contributed by atoms with Crippen LogP contribution in [0, 0.1) is 0 Å². The second-order valence-electron chi connectivity index (χ2n) is 4.35. The molecule has 0 unspecified atom stereocenters. The van der Waals surface area contributed by atoms with Gasteiger partial charge in [0.25, 0.3) is 0 Å². The molecule has 0 saturated heterocycles. The van der Waals surface area contributed by atoms with Crippen LogP contribution in [0.25, 0.3) is 5.69 Å². The molecule has 2 aromatic rings. The molecule has 1 aliphatic rings. The summed E-state index contributed by atoms with van der Waals surface area (Å²) >= 11 is 6.35. The van der Waals surface area contributed by atoms with Crippen LogP contribution in [-0.2, 0) is 12.8 Å². The van der Waals surface area contributed by atoms with Gasteiger partial charge >= 0.3 is 0 Å². The van der Waals surface area contributed by atoms with E-state index in [0.717, 1.165) is 24.2 Å². The zero-order valence-corrected chi connectivity index (χ0v) is 10.1. The first-order valence-corrected chi connectivity index (χ1v) is 6.19. The fourth-order valence-electron chi connectivity index (χ4n) is 2.28. The summed E-state index contributed by atoms with van der Waals surface area (Å²) in [5, 5.41) is 14.5. The van der Waals surface area contributed by atoms with Crippen molar-refractivity contribution in [2.75, 3.05) is 0 Å². The van der Waals surface area contributed by atoms with Gasteiger partial charge in [0.15, 0.2) is 0 Å². The number of phenolic OH excluding ortho intramolecular Hbond substituents is 1. The summed E-state index contributed by atoms with van der Waals surface area (Å²) in [6.45, 7) is 0. The Morgan fingerprint density at radius 2 is 1.82 bits per heavy atom. The topological polar surface area (TPSA) is 38.0 Å². The standard InChI is InChI=1S/C13H13ClN2O/c14-13-11-3-1-2-4-12(11)15-16(13)9-5-7-10(17)8-6-9/h5-8,17H,1-4H2. The zero-order valence-electron chi connectivity index (χ0n) is 9.36. The minimum absolute atomic E-state index is 0.252. The Bertz CT molecular complexity index is 545. The molecule has 3 nitrogen and oxygen atoms in total. The molecule has 1 heterocycles. The van der Waals surface area contributed by atoms with Crippen LogP contribution < -0.4 is 0 Å². The van der Waals surface area contributed by atoms with Crippen LogP contribution in [0.5, 0.6) is 5.75 Å². The average molecular weight is 249 g/mol. The number of benzene rings is 1. The molecular weight excluding hydrogens is 236 g/mol. The molecule has 0 radical (unpaired) electrons. The quantitative estimate of drug-likeness (QED) is 0.842. The number of halogens is 1. The SMILES string of the molecule is Oc1ccc(-n2nc3c(c2Cl)CCCC3)cc1. The highest BCUT2D eigenvalue weighted by molar-refractivity contribution is 6.30. The highest BCUT2D eigenvalue weighted by Crippen LogP contribution is 2.29. The molecule has 4 heteroatoms. The fraction of sp³-hybridized carbons (Fsp3) is 0.308. The van der Waals surface area contributed by atoms with Crippen molar-refractivity contribution < 1.29 is 5.11 Å². The first kappa shape index (κ1) is 10.7. The van der Waals surface area contributed by atoms with E-state index in [9.17, 15) is 5.11 Å². The molecule has 0 aliphatic heterocycles.